The molecule has 1 fully saturated rings. The van der Waals surface area contributed by atoms with E-state index in [4.69, 9.17) is 4.74 Å². The number of nitrogens with one attached hydrogen (secondary N) is 1. The first-order chi connectivity index (χ1) is 10.0. The van der Waals surface area contributed by atoms with E-state index in [1.54, 1.807) is 7.11 Å². The molecule has 0 saturated carbocycles. The van der Waals surface area contributed by atoms with E-state index >= 15 is 0 Å². The van der Waals surface area contributed by atoms with E-state index in [1.807, 2.05) is 0 Å². The van der Waals surface area contributed by atoms with Gasteiger partial charge in [0.05, 0.1) is 7.11 Å². The zero-order valence-corrected chi connectivity index (χ0v) is 13.8. The van der Waals surface area contributed by atoms with Crippen molar-refractivity contribution in [2.45, 2.75) is 46.6 Å². The van der Waals surface area contributed by atoms with Crippen molar-refractivity contribution in [1.29, 1.82) is 0 Å². The van der Waals surface area contributed by atoms with Gasteiger partial charge in [-0.25, -0.2) is 0 Å². The first kappa shape index (κ1) is 15.8. The van der Waals surface area contributed by atoms with Crippen molar-refractivity contribution in [1.82, 2.24) is 15.0 Å². The van der Waals surface area contributed by atoms with Gasteiger partial charge < -0.3 is 15.0 Å². The Labute approximate surface area is 127 Å². The topological polar surface area (TPSA) is 63.2 Å². The second kappa shape index (κ2) is 6.91. The summed E-state index contributed by atoms with van der Waals surface area (Å²) >= 11 is 0. The van der Waals surface area contributed by atoms with Crippen molar-refractivity contribution in [2.24, 2.45) is 11.8 Å². The van der Waals surface area contributed by atoms with E-state index < -0.39 is 0 Å². The first-order valence-corrected chi connectivity index (χ1v) is 7.85. The molecule has 1 aliphatic rings. The normalized spacial score (nSPS) is 25.8. The van der Waals surface area contributed by atoms with E-state index in [0.717, 1.165) is 19.5 Å². The first-order valence-electron chi connectivity index (χ1n) is 7.85. The molecule has 0 aliphatic carbocycles. The summed E-state index contributed by atoms with van der Waals surface area (Å²) in [5.74, 6) is 2.58. The molecule has 1 N–H and O–H groups in total. The highest BCUT2D eigenvalue weighted by molar-refractivity contribution is 5.40. The molecule has 0 spiro atoms. The largest absolute Gasteiger partial charge is 0.467 e. The molecule has 1 aliphatic heterocycles. The van der Waals surface area contributed by atoms with Gasteiger partial charge in [-0.2, -0.15) is 15.0 Å². The molecule has 1 aromatic rings. The van der Waals surface area contributed by atoms with Crippen molar-refractivity contribution in [3.63, 3.8) is 0 Å². The number of piperidine rings is 1. The lowest BCUT2D eigenvalue weighted by atomic mass is 9.86. The van der Waals surface area contributed by atoms with Crippen LogP contribution in [0.1, 0.15) is 40.5 Å². The van der Waals surface area contributed by atoms with Gasteiger partial charge in [0.1, 0.15) is 0 Å². The fraction of sp³-hybridized carbons (Fsp3) is 0.800. The molecule has 0 bridgehead atoms. The summed E-state index contributed by atoms with van der Waals surface area (Å²) in [4.78, 5) is 15.6. The Balaban J connectivity index is 2.28. The average Bonchev–Trinajstić information content (AvgIpc) is 2.48. The van der Waals surface area contributed by atoms with E-state index in [-0.39, 0.29) is 0 Å². The summed E-state index contributed by atoms with van der Waals surface area (Å²) in [6.07, 6.45) is 2.28. The Hall–Kier alpha value is -1.59. The lowest BCUT2D eigenvalue weighted by Crippen LogP contribution is -2.46. The van der Waals surface area contributed by atoms with Gasteiger partial charge in [0.15, 0.2) is 0 Å². The minimum absolute atomic E-state index is 0.372. The van der Waals surface area contributed by atoms with Gasteiger partial charge in [-0.3, -0.25) is 0 Å². The zero-order chi connectivity index (χ0) is 15.4. The molecule has 6 nitrogen and oxygen atoms in total. The van der Waals surface area contributed by atoms with E-state index in [1.165, 1.54) is 6.42 Å². The third-order valence-corrected chi connectivity index (χ3v) is 4.17. The minimum Gasteiger partial charge on any atom is -0.467 e. The molecule has 21 heavy (non-hydrogen) atoms. The van der Waals surface area contributed by atoms with Gasteiger partial charge in [-0.15, -0.1) is 0 Å². The minimum atomic E-state index is 0.372. The van der Waals surface area contributed by atoms with Crippen LogP contribution in [-0.4, -0.2) is 41.2 Å². The number of hydrogen-bond acceptors (Lipinski definition) is 6. The van der Waals surface area contributed by atoms with Crippen LogP contribution in [0.4, 0.5) is 11.9 Å². The molecule has 0 radical (unpaired) electrons. The summed E-state index contributed by atoms with van der Waals surface area (Å²) in [6.45, 7) is 10.8. The lowest BCUT2D eigenvalue weighted by molar-refractivity contribution is 0.292. The molecule has 1 aromatic heterocycles. The Morgan fingerprint density at radius 2 is 2.00 bits per heavy atom. The maximum absolute atomic E-state index is 5.23. The Bertz CT molecular complexity index is 467. The maximum atomic E-state index is 5.23. The van der Waals surface area contributed by atoms with E-state index in [0.29, 0.717) is 35.8 Å². The van der Waals surface area contributed by atoms with Gasteiger partial charge in [0, 0.05) is 19.1 Å². The number of ether oxygens (including phenoxy) is 1. The van der Waals surface area contributed by atoms with Crippen LogP contribution in [0.25, 0.3) is 0 Å². The Morgan fingerprint density at radius 3 is 2.67 bits per heavy atom. The van der Waals surface area contributed by atoms with Gasteiger partial charge in [-0.05, 0) is 31.6 Å². The molecule has 6 heteroatoms. The highest BCUT2D eigenvalue weighted by Crippen LogP contribution is 2.30. The van der Waals surface area contributed by atoms with Crippen molar-refractivity contribution in [3.05, 3.63) is 0 Å². The molecule has 2 rings (SSSR count). The molecule has 0 amide bonds. The molecule has 3 unspecified atom stereocenters. The van der Waals surface area contributed by atoms with Gasteiger partial charge in [-0.1, -0.05) is 20.8 Å². The summed E-state index contributed by atoms with van der Waals surface area (Å²) in [6, 6.07) is 0.795. The molecule has 0 aromatic carbocycles. The number of methoxy groups -OCH3 is 1. The molecule has 3 atom stereocenters. The van der Waals surface area contributed by atoms with Crippen molar-refractivity contribution in [3.8, 4) is 6.01 Å². The van der Waals surface area contributed by atoms with Crippen LogP contribution in [0.5, 0.6) is 6.01 Å². The van der Waals surface area contributed by atoms with Crippen LogP contribution >= 0.6 is 0 Å². The van der Waals surface area contributed by atoms with Gasteiger partial charge in [0.2, 0.25) is 11.9 Å². The standard InChI is InChI=1S/C15H27N5O/c1-6-7-16-13-17-14(19-15(18-13)21-5)20-9-10(2)8-11(3)12(20)4/h10-12H,6-9H2,1-5H3,(H,16,17,18,19). The molecule has 118 valence electrons. The van der Waals surface area contributed by atoms with Crippen LogP contribution < -0.4 is 15.0 Å². The fourth-order valence-corrected chi connectivity index (χ4v) is 2.86. The molecule has 1 saturated heterocycles. The SMILES string of the molecule is CCCNc1nc(OC)nc(N2CC(C)CC(C)C2C)n1. The Kier molecular flexibility index (Phi) is 5.20. The average molecular weight is 293 g/mol. The third-order valence-electron chi connectivity index (χ3n) is 4.17. The second-order valence-electron chi connectivity index (χ2n) is 6.08. The van der Waals surface area contributed by atoms with E-state index in [9.17, 15) is 0 Å². The number of aromatic nitrogens is 3. The maximum Gasteiger partial charge on any atom is 0.322 e. The number of anilines is 2. The third kappa shape index (κ3) is 3.74. The van der Waals surface area contributed by atoms with Crippen LogP contribution in [0.2, 0.25) is 0 Å². The van der Waals surface area contributed by atoms with Crippen LogP contribution in [-0.2, 0) is 0 Å². The number of rotatable bonds is 5. The molecular formula is C15H27N5O. The second-order valence-corrected chi connectivity index (χ2v) is 6.08. The van der Waals surface area contributed by atoms with Crippen LogP contribution in [0.15, 0.2) is 0 Å². The van der Waals surface area contributed by atoms with Crippen molar-refractivity contribution in [2.75, 3.05) is 30.4 Å². The summed E-state index contributed by atoms with van der Waals surface area (Å²) in [5.41, 5.74) is 0. The zero-order valence-electron chi connectivity index (χ0n) is 13.8. The predicted molar refractivity (Wildman–Crippen MR) is 84.9 cm³/mol. The quantitative estimate of drug-likeness (QED) is 0.900. The lowest BCUT2D eigenvalue weighted by Gasteiger charge is -2.41. The summed E-state index contributed by atoms with van der Waals surface area (Å²) < 4.78 is 5.23. The van der Waals surface area contributed by atoms with Crippen molar-refractivity contribution < 1.29 is 4.74 Å². The summed E-state index contributed by atoms with van der Waals surface area (Å²) in [5, 5.41) is 3.22. The van der Waals surface area contributed by atoms with Gasteiger partial charge >= 0.3 is 6.01 Å². The summed E-state index contributed by atoms with van der Waals surface area (Å²) in [7, 11) is 1.59. The number of nitrogens with zero attached hydrogens (tertiary/aromatic N) is 4. The highest BCUT2D eigenvalue weighted by atomic mass is 16.5. The van der Waals surface area contributed by atoms with Crippen LogP contribution in [0, 0.1) is 11.8 Å². The molecular weight excluding hydrogens is 266 g/mol. The monoisotopic (exact) mass is 293 g/mol. The van der Waals surface area contributed by atoms with E-state index in [2.05, 4.69) is 52.9 Å². The fourth-order valence-electron chi connectivity index (χ4n) is 2.86. The predicted octanol–water partition coefficient (Wildman–Crippen LogP) is 2.57. The highest BCUT2D eigenvalue weighted by Gasteiger charge is 2.31. The Morgan fingerprint density at radius 1 is 1.24 bits per heavy atom. The molecule has 2 heterocycles. The smallest absolute Gasteiger partial charge is 0.322 e. The van der Waals surface area contributed by atoms with Crippen molar-refractivity contribution >= 4 is 11.9 Å². The number of hydrogen-bond donors (Lipinski definition) is 1. The van der Waals surface area contributed by atoms with Gasteiger partial charge in [0.25, 0.3) is 0 Å². The van der Waals surface area contributed by atoms with Crippen LogP contribution in [0.3, 0.4) is 0 Å².